The van der Waals surface area contributed by atoms with Crippen molar-refractivity contribution in [1.29, 1.82) is 0 Å². The van der Waals surface area contributed by atoms with Gasteiger partial charge >= 0.3 is 0 Å². The van der Waals surface area contributed by atoms with Crippen molar-refractivity contribution in [2.24, 2.45) is 0 Å². The van der Waals surface area contributed by atoms with E-state index >= 15 is 0 Å². The molecule has 1 N–H and O–H groups in total. The van der Waals surface area contributed by atoms with Crippen LogP contribution in [-0.2, 0) is 10.0 Å². The van der Waals surface area contributed by atoms with Gasteiger partial charge in [0.2, 0.25) is 10.0 Å². The van der Waals surface area contributed by atoms with E-state index in [0.717, 1.165) is 18.4 Å². The topological polar surface area (TPSA) is 84.9 Å². The van der Waals surface area contributed by atoms with Crippen molar-refractivity contribution in [2.75, 3.05) is 33.4 Å². The van der Waals surface area contributed by atoms with Crippen molar-refractivity contribution in [1.82, 2.24) is 9.62 Å². The number of benzene rings is 2. The molecule has 1 saturated heterocycles. The zero-order chi connectivity index (χ0) is 20.9. The van der Waals surface area contributed by atoms with Crippen LogP contribution < -0.4 is 14.2 Å². The number of carbonyl (C=O) groups is 1. The van der Waals surface area contributed by atoms with Crippen LogP contribution in [0.4, 0.5) is 0 Å². The number of nitrogens with one attached hydrogen (secondary N) is 1. The Morgan fingerprint density at radius 3 is 2.45 bits per heavy atom. The van der Waals surface area contributed by atoms with E-state index in [4.69, 9.17) is 9.47 Å². The Labute approximate surface area is 171 Å². The Kier molecular flexibility index (Phi) is 6.76. The van der Waals surface area contributed by atoms with Gasteiger partial charge in [-0.1, -0.05) is 17.7 Å². The van der Waals surface area contributed by atoms with Crippen molar-refractivity contribution < 1.29 is 22.7 Å². The summed E-state index contributed by atoms with van der Waals surface area (Å²) in [7, 11) is -2.32. The van der Waals surface area contributed by atoms with E-state index in [-0.39, 0.29) is 29.5 Å². The molecule has 0 radical (unpaired) electrons. The third-order valence-corrected chi connectivity index (χ3v) is 6.25. The fourth-order valence-corrected chi connectivity index (χ4v) is 4.21. The standard InChI is InChI=1S/C21H26N2O5S/c1-16-5-7-17(8-6-16)28-14-11-22-29(25,26)18-9-10-20(27-2)19(15-18)21(24)23-12-3-4-13-23/h5-10,15,22H,3-4,11-14H2,1-2H3. The first-order valence-electron chi connectivity index (χ1n) is 9.57. The summed E-state index contributed by atoms with van der Waals surface area (Å²) >= 11 is 0. The number of hydrogen-bond acceptors (Lipinski definition) is 5. The fraction of sp³-hybridized carbons (Fsp3) is 0.381. The summed E-state index contributed by atoms with van der Waals surface area (Å²) in [5, 5.41) is 0. The SMILES string of the molecule is COc1ccc(S(=O)(=O)NCCOc2ccc(C)cc2)cc1C(=O)N1CCCC1. The average molecular weight is 419 g/mol. The molecule has 2 aromatic carbocycles. The Balaban J connectivity index is 1.66. The maximum absolute atomic E-state index is 12.8. The van der Waals surface area contributed by atoms with Crippen molar-refractivity contribution in [2.45, 2.75) is 24.7 Å². The lowest BCUT2D eigenvalue weighted by Gasteiger charge is -2.18. The molecule has 1 amide bonds. The van der Waals surface area contributed by atoms with E-state index < -0.39 is 10.0 Å². The molecule has 0 atom stereocenters. The monoisotopic (exact) mass is 418 g/mol. The number of ether oxygens (including phenoxy) is 2. The summed E-state index contributed by atoms with van der Waals surface area (Å²) in [5.41, 5.74) is 1.38. The molecule has 1 fully saturated rings. The van der Waals surface area contributed by atoms with E-state index in [0.29, 0.717) is 24.6 Å². The minimum atomic E-state index is -3.78. The first-order chi connectivity index (χ1) is 13.9. The number of carbonyl (C=O) groups excluding carboxylic acids is 1. The van der Waals surface area contributed by atoms with Gasteiger partial charge in [-0.3, -0.25) is 4.79 Å². The van der Waals surface area contributed by atoms with Gasteiger partial charge in [-0.2, -0.15) is 0 Å². The number of methoxy groups -OCH3 is 1. The molecule has 0 aromatic heterocycles. The Morgan fingerprint density at radius 2 is 1.79 bits per heavy atom. The normalized spacial score (nSPS) is 14.1. The molecule has 3 rings (SSSR count). The van der Waals surface area contributed by atoms with Gasteiger partial charge in [-0.25, -0.2) is 13.1 Å². The van der Waals surface area contributed by atoms with Crippen LogP contribution in [0.2, 0.25) is 0 Å². The van der Waals surface area contributed by atoms with Crippen LogP contribution in [0.1, 0.15) is 28.8 Å². The highest BCUT2D eigenvalue weighted by Crippen LogP contribution is 2.25. The van der Waals surface area contributed by atoms with Crippen LogP contribution in [0.3, 0.4) is 0 Å². The third kappa shape index (κ3) is 5.27. The lowest BCUT2D eigenvalue weighted by atomic mass is 10.1. The van der Waals surface area contributed by atoms with Crippen molar-refractivity contribution >= 4 is 15.9 Å². The Hall–Kier alpha value is -2.58. The van der Waals surface area contributed by atoms with Crippen LogP contribution in [0.5, 0.6) is 11.5 Å². The summed E-state index contributed by atoms with van der Waals surface area (Å²) in [6, 6.07) is 11.9. The minimum absolute atomic E-state index is 0.0242. The lowest BCUT2D eigenvalue weighted by Crippen LogP contribution is -2.30. The van der Waals surface area contributed by atoms with Crippen LogP contribution in [0, 0.1) is 6.92 Å². The maximum Gasteiger partial charge on any atom is 0.257 e. The van der Waals surface area contributed by atoms with Gasteiger partial charge in [0.25, 0.3) is 5.91 Å². The second-order valence-corrected chi connectivity index (χ2v) is 8.69. The highest BCUT2D eigenvalue weighted by Gasteiger charge is 2.25. The molecule has 29 heavy (non-hydrogen) atoms. The molecule has 1 aliphatic rings. The maximum atomic E-state index is 12.8. The van der Waals surface area contributed by atoms with Crippen molar-refractivity contribution in [3.8, 4) is 11.5 Å². The number of likely N-dealkylation sites (tertiary alicyclic amines) is 1. The van der Waals surface area contributed by atoms with E-state index in [1.165, 1.54) is 25.3 Å². The number of rotatable bonds is 8. The molecule has 2 aromatic rings. The molecule has 7 nitrogen and oxygen atoms in total. The van der Waals surface area contributed by atoms with Gasteiger partial charge in [0.05, 0.1) is 17.6 Å². The Morgan fingerprint density at radius 1 is 1.10 bits per heavy atom. The molecule has 0 unspecified atom stereocenters. The van der Waals surface area contributed by atoms with Crippen molar-refractivity contribution in [3.05, 3.63) is 53.6 Å². The highest BCUT2D eigenvalue weighted by atomic mass is 32.2. The van der Waals surface area contributed by atoms with Gasteiger partial charge in [0, 0.05) is 19.6 Å². The smallest absolute Gasteiger partial charge is 0.257 e. The van der Waals surface area contributed by atoms with Crippen LogP contribution >= 0.6 is 0 Å². The number of amides is 1. The zero-order valence-electron chi connectivity index (χ0n) is 16.7. The first kappa shape index (κ1) is 21.1. The van der Waals surface area contributed by atoms with E-state index in [9.17, 15) is 13.2 Å². The molecular weight excluding hydrogens is 392 g/mol. The number of sulfonamides is 1. The molecule has 0 saturated carbocycles. The zero-order valence-corrected chi connectivity index (χ0v) is 17.5. The van der Waals surface area contributed by atoms with Gasteiger partial charge < -0.3 is 14.4 Å². The van der Waals surface area contributed by atoms with Crippen LogP contribution in [0.25, 0.3) is 0 Å². The lowest BCUT2D eigenvalue weighted by molar-refractivity contribution is 0.0789. The van der Waals surface area contributed by atoms with Crippen molar-refractivity contribution in [3.63, 3.8) is 0 Å². The molecule has 0 aliphatic carbocycles. The summed E-state index contributed by atoms with van der Waals surface area (Å²) in [4.78, 5) is 14.5. The van der Waals surface area contributed by atoms with Gasteiger partial charge in [0.1, 0.15) is 18.1 Å². The Bertz CT molecular complexity index is 952. The average Bonchev–Trinajstić information content (AvgIpc) is 3.26. The predicted octanol–water partition coefficient (Wildman–Crippen LogP) is 2.60. The minimum Gasteiger partial charge on any atom is -0.496 e. The quantitative estimate of drug-likeness (QED) is 0.666. The summed E-state index contributed by atoms with van der Waals surface area (Å²) in [6.07, 6.45) is 1.91. The molecule has 0 spiro atoms. The largest absolute Gasteiger partial charge is 0.496 e. The van der Waals surface area contributed by atoms with Gasteiger partial charge in [0.15, 0.2) is 0 Å². The molecule has 0 bridgehead atoms. The van der Waals surface area contributed by atoms with E-state index in [2.05, 4.69) is 4.72 Å². The molecule has 1 aliphatic heterocycles. The molecule has 1 heterocycles. The first-order valence-corrected chi connectivity index (χ1v) is 11.1. The third-order valence-electron chi connectivity index (χ3n) is 4.79. The second kappa shape index (κ2) is 9.28. The number of hydrogen-bond donors (Lipinski definition) is 1. The number of nitrogens with zero attached hydrogens (tertiary/aromatic N) is 1. The summed E-state index contributed by atoms with van der Waals surface area (Å²) in [6.45, 7) is 3.63. The van der Waals surface area contributed by atoms with Gasteiger partial charge in [-0.15, -0.1) is 0 Å². The molecule has 8 heteroatoms. The molecular formula is C21H26N2O5S. The number of aryl methyl sites for hydroxylation is 1. The fourth-order valence-electron chi connectivity index (χ4n) is 3.17. The molecule has 156 valence electrons. The van der Waals surface area contributed by atoms with E-state index in [1.807, 2.05) is 31.2 Å². The van der Waals surface area contributed by atoms with Crippen LogP contribution in [0.15, 0.2) is 47.4 Å². The summed E-state index contributed by atoms with van der Waals surface area (Å²) in [5.74, 6) is 0.834. The van der Waals surface area contributed by atoms with Crippen LogP contribution in [-0.4, -0.2) is 52.6 Å². The highest BCUT2D eigenvalue weighted by molar-refractivity contribution is 7.89. The predicted molar refractivity (Wildman–Crippen MR) is 110 cm³/mol. The second-order valence-electron chi connectivity index (χ2n) is 6.92. The van der Waals surface area contributed by atoms with E-state index in [1.54, 1.807) is 4.90 Å². The summed E-state index contributed by atoms with van der Waals surface area (Å²) < 4.78 is 38.6. The van der Waals surface area contributed by atoms with Gasteiger partial charge in [-0.05, 0) is 50.1 Å².